The average Bonchev–Trinajstić information content (AvgIpc) is 2.42. The summed E-state index contributed by atoms with van der Waals surface area (Å²) in [5.41, 5.74) is 4.26. The fourth-order valence-corrected chi connectivity index (χ4v) is 1.99. The third-order valence-corrected chi connectivity index (χ3v) is 3.14. The number of piperazine rings is 1. The van der Waals surface area contributed by atoms with E-state index in [1.807, 2.05) is 18.0 Å². The lowest BCUT2D eigenvalue weighted by atomic mass is 10.3. The Bertz CT molecular complexity index is 429. The molecule has 19 heavy (non-hydrogen) atoms. The molecule has 0 unspecified atom stereocenters. The first-order valence-electron chi connectivity index (χ1n) is 6.63. The lowest BCUT2D eigenvalue weighted by Gasteiger charge is -2.32. The molecule has 0 radical (unpaired) electrons. The summed E-state index contributed by atoms with van der Waals surface area (Å²) >= 11 is 0. The van der Waals surface area contributed by atoms with E-state index in [-0.39, 0.29) is 5.91 Å². The number of carbonyl (C=O) groups is 1. The summed E-state index contributed by atoms with van der Waals surface area (Å²) in [5.74, 6) is -0.149. The molecule has 1 aliphatic heterocycles. The van der Waals surface area contributed by atoms with E-state index in [0.717, 1.165) is 38.4 Å². The van der Waals surface area contributed by atoms with Gasteiger partial charge in [0.25, 0.3) is 5.91 Å². The van der Waals surface area contributed by atoms with Crippen LogP contribution in [0.2, 0.25) is 0 Å². The number of likely N-dealkylation sites (N-methyl/N-ethyl adjacent to an activating group) is 1. The van der Waals surface area contributed by atoms with Gasteiger partial charge in [0.2, 0.25) is 0 Å². The van der Waals surface area contributed by atoms with E-state index in [4.69, 9.17) is 0 Å². The van der Waals surface area contributed by atoms with Gasteiger partial charge in [-0.1, -0.05) is 0 Å². The van der Waals surface area contributed by atoms with Gasteiger partial charge in [-0.3, -0.25) is 15.2 Å². The second-order valence-electron chi connectivity index (χ2n) is 4.69. The van der Waals surface area contributed by atoms with Gasteiger partial charge in [-0.15, -0.1) is 0 Å². The van der Waals surface area contributed by atoms with Gasteiger partial charge in [-0.25, -0.2) is 5.01 Å². The van der Waals surface area contributed by atoms with Crippen LogP contribution in [0.1, 0.15) is 17.4 Å². The van der Waals surface area contributed by atoms with Crippen molar-refractivity contribution in [2.45, 2.75) is 6.92 Å². The van der Waals surface area contributed by atoms with Crippen LogP contribution in [-0.2, 0) is 0 Å². The van der Waals surface area contributed by atoms with Crippen molar-refractivity contribution in [1.29, 1.82) is 0 Å². The summed E-state index contributed by atoms with van der Waals surface area (Å²) in [7, 11) is 2.08. The number of carbonyl (C=O) groups excluding carboxylic acids is 1. The number of pyridine rings is 1. The topological polar surface area (TPSA) is 60.5 Å². The smallest absolute Gasteiger partial charge is 0.284 e. The van der Waals surface area contributed by atoms with Crippen LogP contribution in [0.5, 0.6) is 0 Å². The van der Waals surface area contributed by atoms with Crippen molar-refractivity contribution in [1.82, 2.24) is 20.3 Å². The lowest BCUT2D eigenvalue weighted by Crippen LogP contribution is -2.52. The standard InChI is InChI=1S/C13H21N5O/c1-3-14-11-4-5-15-12(10-11)13(19)16-18-8-6-17(2)7-9-18/h4-5,10H,3,6-9H2,1-2H3,(H,14,15)(H,16,19). The molecule has 2 heterocycles. The molecule has 104 valence electrons. The van der Waals surface area contributed by atoms with E-state index in [1.54, 1.807) is 12.3 Å². The zero-order valence-corrected chi connectivity index (χ0v) is 11.5. The number of hydrazine groups is 1. The molecule has 0 aromatic carbocycles. The van der Waals surface area contributed by atoms with Crippen molar-refractivity contribution < 1.29 is 4.79 Å². The van der Waals surface area contributed by atoms with Crippen molar-refractivity contribution in [3.8, 4) is 0 Å². The zero-order valence-electron chi connectivity index (χ0n) is 11.5. The molecule has 0 aliphatic carbocycles. The summed E-state index contributed by atoms with van der Waals surface area (Å²) < 4.78 is 0. The molecule has 1 aromatic heterocycles. The normalized spacial score (nSPS) is 17.2. The van der Waals surface area contributed by atoms with E-state index < -0.39 is 0 Å². The third kappa shape index (κ3) is 3.90. The molecule has 0 saturated carbocycles. The molecule has 0 spiro atoms. The van der Waals surface area contributed by atoms with Crippen molar-refractivity contribution in [2.24, 2.45) is 0 Å². The highest BCUT2D eigenvalue weighted by atomic mass is 16.2. The molecule has 1 fully saturated rings. The zero-order chi connectivity index (χ0) is 13.7. The largest absolute Gasteiger partial charge is 0.385 e. The Morgan fingerprint density at radius 1 is 1.37 bits per heavy atom. The number of amides is 1. The van der Waals surface area contributed by atoms with Crippen LogP contribution in [0, 0.1) is 0 Å². The molecule has 1 amide bonds. The fourth-order valence-electron chi connectivity index (χ4n) is 1.99. The maximum Gasteiger partial charge on any atom is 0.284 e. The van der Waals surface area contributed by atoms with Gasteiger partial charge in [0.05, 0.1) is 0 Å². The summed E-state index contributed by atoms with van der Waals surface area (Å²) in [5, 5.41) is 5.12. The molecule has 1 aromatic rings. The highest BCUT2D eigenvalue weighted by Crippen LogP contribution is 2.07. The molecule has 1 saturated heterocycles. The van der Waals surface area contributed by atoms with E-state index in [0.29, 0.717) is 5.69 Å². The monoisotopic (exact) mass is 263 g/mol. The Kier molecular flexibility index (Phi) is 4.70. The Morgan fingerprint density at radius 3 is 2.79 bits per heavy atom. The Morgan fingerprint density at radius 2 is 2.11 bits per heavy atom. The molecule has 2 rings (SSSR count). The van der Waals surface area contributed by atoms with Crippen LogP contribution >= 0.6 is 0 Å². The first-order chi connectivity index (χ1) is 9.19. The minimum absolute atomic E-state index is 0.149. The molecular weight excluding hydrogens is 242 g/mol. The van der Waals surface area contributed by atoms with Crippen molar-refractivity contribution >= 4 is 11.6 Å². The number of nitrogens with one attached hydrogen (secondary N) is 2. The number of nitrogens with zero attached hydrogens (tertiary/aromatic N) is 3. The van der Waals surface area contributed by atoms with Gasteiger partial charge in [0, 0.05) is 44.6 Å². The van der Waals surface area contributed by atoms with Gasteiger partial charge >= 0.3 is 0 Å². The average molecular weight is 263 g/mol. The Labute approximate surface area is 113 Å². The van der Waals surface area contributed by atoms with E-state index in [9.17, 15) is 4.79 Å². The molecule has 6 heteroatoms. The molecule has 0 bridgehead atoms. The predicted molar refractivity (Wildman–Crippen MR) is 74.9 cm³/mol. The summed E-state index contributed by atoms with van der Waals surface area (Å²) in [6.07, 6.45) is 1.65. The SMILES string of the molecule is CCNc1ccnc(C(=O)NN2CCN(C)CC2)c1. The second-order valence-corrected chi connectivity index (χ2v) is 4.69. The van der Waals surface area contributed by atoms with Crippen LogP contribution in [0.25, 0.3) is 0 Å². The number of hydrogen-bond acceptors (Lipinski definition) is 5. The van der Waals surface area contributed by atoms with Crippen LogP contribution in [-0.4, -0.2) is 60.6 Å². The molecule has 0 atom stereocenters. The molecule has 2 N–H and O–H groups in total. The van der Waals surface area contributed by atoms with Crippen molar-refractivity contribution in [3.05, 3.63) is 24.0 Å². The number of hydrogen-bond donors (Lipinski definition) is 2. The van der Waals surface area contributed by atoms with Gasteiger partial charge in [0.1, 0.15) is 5.69 Å². The Hall–Kier alpha value is -1.66. The van der Waals surface area contributed by atoms with E-state index in [1.165, 1.54) is 0 Å². The summed E-state index contributed by atoms with van der Waals surface area (Å²) in [6, 6.07) is 3.63. The molecule has 1 aliphatic rings. The second kappa shape index (κ2) is 6.49. The lowest BCUT2D eigenvalue weighted by molar-refractivity contribution is 0.0658. The van der Waals surface area contributed by atoms with Gasteiger partial charge in [0.15, 0.2) is 0 Å². The maximum atomic E-state index is 12.1. The highest BCUT2D eigenvalue weighted by Gasteiger charge is 2.17. The Balaban J connectivity index is 1.94. The first kappa shape index (κ1) is 13.8. The predicted octanol–water partition coefficient (Wildman–Crippen LogP) is 0.406. The van der Waals surface area contributed by atoms with Gasteiger partial charge in [-0.2, -0.15) is 0 Å². The third-order valence-electron chi connectivity index (χ3n) is 3.14. The molecular formula is C13H21N5O. The number of anilines is 1. The summed E-state index contributed by atoms with van der Waals surface area (Å²) in [6.45, 7) is 6.45. The minimum Gasteiger partial charge on any atom is -0.385 e. The molecule has 6 nitrogen and oxygen atoms in total. The number of rotatable bonds is 4. The maximum absolute atomic E-state index is 12.1. The number of aromatic nitrogens is 1. The minimum atomic E-state index is -0.149. The van der Waals surface area contributed by atoms with E-state index >= 15 is 0 Å². The van der Waals surface area contributed by atoms with Crippen LogP contribution in [0.15, 0.2) is 18.3 Å². The fraction of sp³-hybridized carbons (Fsp3) is 0.538. The summed E-state index contributed by atoms with van der Waals surface area (Å²) in [4.78, 5) is 18.4. The van der Waals surface area contributed by atoms with E-state index in [2.05, 4.69) is 27.7 Å². The quantitative estimate of drug-likeness (QED) is 0.824. The van der Waals surface area contributed by atoms with Crippen molar-refractivity contribution in [3.63, 3.8) is 0 Å². The van der Waals surface area contributed by atoms with Crippen LogP contribution in [0.3, 0.4) is 0 Å². The van der Waals surface area contributed by atoms with Crippen LogP contribution in [0.4, 0.5) is 5.69 Å². The van der Waals surface area contributed by atoms with Gasteiger partial charge < -0.3 is 10.2 Å². The highest BCUT2D eigenvalue weighted by molar-refractivity contribution is 5.92. The van der Waals surface area contributed by atoms with Crippen LogP contribution < -0.4 is 10.7 Å². The first-order valence-corrected chi connectivity index (χ1v) is 6.63. The van der Waals surface area contributed by atoms with Crippen molar-refractivity contribution in [2.75, 3.05) is 45.1 Å². The van der Waals surface area contributed by atoms with Gasteiger partial charge in [-0.05, 0) is 26.1 Å².